The molecule has 0 spiro atoms. The van der Waals surface area contributed by atoms with E-state index in [0.29, 0.717) is 33.8 Å². The number of thiazole rings is 1. The Kier molecular flexibility index (Phi) is 5.65. The van der Waals surface area contributed by atoms with Crippen LogP contribution in [0.3, 0.4) is 0 Å². The van der Waals surface area contributed by atoms with E-state index in [1.54, 1.807) is 30.5 Å². The highest BCUT2D eigenvalue weighted by Crippen LogP contribution is 2.21. The molecule has 0 fully saturated rings. The molecule has 3 rings (SSSR count). The lowest BCUT2D eigenvalue weighted by Gasteiger charge is -1.99. The summed E-state index contributed by atoms with van der Waals surface area (Å²) in [4.78, 5) is 28.0. The van der Waals surface area contributed by atoms with Crippen molar-refractivity contribution in [3.05, 3.63) is 52.1 Å². The molecule has 3 aromatic rings. The highest BCUT2D eigenvalue weighted by molar-refractivity contribution is 7.14. The summed E-state index contributed by atoms with van der Waals surface area (Å²) in [7, 11) is 0. The third-order valence-corrected chi connectivity index (χ3v) is 4.42. The van der Waals surface area contributed by atoms with Gasteiger partial charge in [0.1, 0.15) is 5.69 Å². The van der Waals surface area contributed by atoms with Gasteiger partial charge in [0.15, 0.2) is 5.13 Å². The molecule has 134 valence electrons. The molecule has 0 atom stereocenters. The Hall–Kier alpha value is -2.71. The zero-order valence-corrected chi connectivity index (χ0v) is 15.4. The van der Waals surface area contributed by atoms with Crippen molar-refractivity contribution in [1.29, 1.82) is 0 Å². The average Bonchev–Trinajstić information content (AvgIpc) is 3.25. The Morgan fingerprint density at radius 2 is 2.08 bits per heavy atom. The van der Waals surface area contributed by atoms with Crippen LogP contribution in [0.4, 0.5) is 5.13 Å². The molecule has 2 heterocycles. The van der Waals surface area contributed by atoms with Crippen LogP contribution in [-0.4, -0.2) is 33.7 Å². The SMILES string of the molecule is CCOC(=O)Cc1csc(NC(=O)c2cc(-c3ccc(Cl)cc3)n[nH]2)n1. The molecule has 0 unspecified atom stereocenters. The van der Waals surface area contributed by atoms with E-state index < -0.39 is 0 Å². The zero-order chi connectivity index (χ0) is 18.5. The van der Waals surface area contributed by atoms with Crippen LogP contribution in [0, 0.1) is 0 Å². The lowest BCUT2D eigenvalue weighted by atomic mass is 10.1. The molecular formula is C17H15ClN4O3S. The Bertz CT molecular complexity index is 920. The molecule has 0 aliphatic carbocycles. The fourth-order valence-corrected chi connectivity index (χ4v) is 3.01. The van der Waals surface area contributed by atoms with Crippen molar-refractivity contribution in [2.45, 2.75) is 13.3 Å². The number of nitrogens with one attached hydrogen (secondary N) is 2. The second kappa shape index (κ2) is 8.11. The number of benzene rings is 1. The molecular weight excluding hydrogens is 376 g/mol. The maximum atomic E-state index is 12.3. The molecule has 1 aromatic carbocycles. The zero-order valence-electron chi connectivity index (χ0n) is 13.8. The monoisotopic (exact) mass is 390 g/mol. The summed E-state index contributed by atoms with van der Waals surface area (Å²) in [6.45, 7) is 2.07. The van der Waals surface area contributed by atoms with Crippen LogP contribution < -0.4 is 5.32 Å². The predicted molar refractivity (Wildman–Crippen MR) is 99.4 cm³/mol. The van der Waals surface area contributed by atoms with E-state index in [1.807, 2.05) is 12.1 Å². The number of rotatable bonds is 6. The van der Waals surface area contributed by atoms with Crippen molar-refractivity contribution in [3.63, 3.8) is 0 Å². The van der Waals surface area contributed by atoms with Crippen molar-refractivity contribution < 1.29 is 14.3 Å². The quantitative estimate of drug-likeness (QED) is 0.627. The number of anilines is 1. The molecule has 2 aromatic heterocycles. The summed E-state index contributed by atoms with van der Waals surface area (Å²) in [6, 6.07) is 8.80. The highest BCUT2D eigenvalue weighted by Gasteiger charge is 2.14. The molecule has 7 nitrogen and oxygen atoms in total. The van der Waals surface area contributed by atoms with Gasteiger partial charge in [-0.2, -0.15) is 5.10 Å². The second-order valence-electron chi connectivity index (χ2n) is 5.25. The number of ether oxygens (including phenoxy) is 1. The number of aromatic nitrogens is 3. The van der Waals surface area contributed by atoms with Crippen molar-refractivity contribution in [2.24, 2.45) is 0 Å². The van der Waals surface area contributed by atoms with Crippen LogP contribution in [-0.2, 0) is 16.0 Å². The third kappa shape index (κ3) is 4.47. The number of halogens is 1. The number of aromatic amines is 1. The van der Waals surface area contributed by atoms with Gasteiger partial charge in [0, 0.05) is 16.0 Å². The van der Waals surface area contributed by atoms with E-state index in [0.717, 1.165) is 5.56 Å². The fourth-order valence-electron chi connectivity index (χ4n) is 2.18. The minimum Gasteiger partial charge on any atom is -0.466 e. The van der Waals surface area contributed by atoms with Gasteiger partial charge in [-0.3, -0.25) is 20.0 Å². The van der Waals surface area contributed by atoms with Gasteiger partial charge in [-0.25, -0.2) is 4.98 Å². The molecule has 2 N–H and O–H groups in total. The van der Waals surface area contributed by atoms with E-state index in [1.165, 1.54) is 11.3 Å². The lowest BCUT2D eigenvalue weighted by molar-refractivity contribution is -0.142. The Labute approximate surface area is 158 Å². The van der Waals surface area contributed by atoms with Gasteiger partial charge in [0.05, 0.1) is 24.4 Å². The minimum atomic E-state index is -0.366. The summed E-state index contributed by atoms with van der Waals surface area (Å²) < 4.78 is 4.87. The van der Waals surface area contributed by atoms with Gasteiger partial charge >= 0.3 is 5.97 Å². The van der Waals surface area contributed by atoms with E-state index >= 15 is 0 Å². The molecule has 1 amide bonds. The van der Waals surface area contributed by atoms with Crippen LogP contribution in [0.2, 0.25) is 5.02 Å². The van der Waals surface area contributed by atoms with Crippen LogP contribution in [0.15, 0.2) is 35.7 Å². The largest absolute Gasteiger partial charge is 0.466 e. The minimum absolute atomic E-state index is 0.0744. The van der Waals surface area contributed by atoms with Crippen molar-refractivity contribution in [3.8, 4) is 11.3 Å². The van der Waals surface area contributed by atoms with E-state index in [2.05, 4.69) is 20.5 Å². The van der Waals surface area contributed by atoms with Gasteiger partial charge in [0.25, 0.3) is 5.91 Å². The number of hydrogen-bond donors (Lipinski definition) is 2. The summed E-state index contributed by atoms with van der Waals surface area (Å²) in [5, 5.41) is 12.3. The number of amides is 1. The number of carbonyl (C=O) groups excluding carboxylic acids is 2. The predicted octanol–water partition coefficient (Wildman–Crippen LogP) is 3.54. The normalized spacial score (nSPS) is 10.5. The first-order chi connectivity index (χ1) is 12.5. The number of esters is 1. The molecule has 0 saturated heterocycles. The van der Waals surface area contributed by atoms with Gasteiger partial charge in [0.2, 0.25) is 0 Å². The first-order valence-electron chi connectivity index (χ1n) is 7.78. The molecule has 0 saturated carbocycles. The standard InChI is InChI=1S/C17H15ClN4O3S/c1-2-25-15(23)7-12-9-26-17(19-12)20-16(24)14-8-13(21-22-14)10-3-5-11(18)6-4-10/h3-6,8-9H,2,7H2,1H3,(H,21,22)(H,19,20,24). The maximum absolute atomic E-state index is 12.3. The van der Waals surface area contributed by atoms with Gasteiger partial charge in [-0.05, 0) is 25.1 Å². The van der Waals surface area contributed by atoms with Crippen LogP contribution in [0.25, 0.3) is 11.3 Å². The highest BCUT2D eigenvalue weighted by atomic mass is 35.5. The Balaban J connectivity index is 1.64. The first-order valence-corrected chi connectivity index (χ1v) is 9.03. The van der Waals surface area contributed by atoms with E-state index in [9.17, 15) is 9.59 Å². The molecule has 0 bridgehead atoms. The Morgan fingerprint density at radius 1 is 1.31 bits per heavy atom. The van der Waals surface area contributed by atoms with Crippen molar-refractivity contribution in [2.75, 3.05) is 11.9 Å². The van der Waals surface area contributed by atoms with Crippen LogP contribution >= 0.6 is 22.9 Å². The van der Waals surface area contributed by atoms with Gasteiger partial charge < -0.3 is 4.74 Å². The number of carbonyl (C=O) groups is 2. The molecule has 0 radical (unpaired) electrons. The number of nitrogens with zero attached hydrogens (tertiary/aromatic N) is 2. The summed E-state index contributed by atoms with van der Waals surface area (Å²) in [6.07, 6.45) is 0.0744. The van der Waals surface area contributed by atoms with Crippen LogP contribution in [0.1, 0.15) is 23.1 Å². The third-order valence-electron chi connectivity index (χ3n) is 3.37. The maximum Gasteiger partial charge on any atom is 0.311 e. The van der Waals surface area contributed by atoms with Gasteiger partial charge in [-0.1, -0.05) is 23.7 Å². The lowest BCUT2D eigenvalue weighted by Crippen LogP contribution is -2.12. The first kappa shape index (κ1) is 18.1. The average molecular weight is 391 g/mol. The molecule has 0 aliphatic heterocycles. The van der Waals surface area contributed by atoms with E-state index in [4.69, 9.17) is 16.3 Å². The van der Waals surface area contributed by atoms with Crippen molar-refractivity contribution >= 4 is 39.9 Å². The van der Waals surface area contributed by atoms with Gasteiger partial charge in [-0.15, -0.1) is 11.3 Å². The smallest absolute Gasteiger partial charge is 0.311 e. The number of hydrogen-bond acceptors (Lipinski definition) is 6. The molecule has 9 heteroatoms. The molecule has 26 heavy (non-hydrogen) atoms. The van der Waals surface area contributed by atoms with E-state index in [-0.39, 0.29) is 18.3 Å². The summed E-state index contributed by atoms with van der Waals surface area (Å²) in [5.41, 5.74) is 2.33. The summed E-state index contributed by atoms with van der Waals surface area (Å²) in [5.74, 6) is -0.716. The Morgan fingerprint density at radius 3 is 2.81 bits per heavy atom. The number of H-pyrrole nitrogens is 1. The topological polar surface area (TPSA) is 97.0 Å². The summed E-state index contributed by atoms with van der Waals surface area (Å²) >= 11 is 7.11. The molecule has 0 aliphatic rings. The fraction of sp³-hybridized carbons (Fsp3) is 0.176. The van der Waals surface area contributed by atoms with Crippen molar-refractivity contribution in [1.82, 2.24) is 15.2 Å². The van der Waals surface area contributed by atoms with Crippen LogP contribution in [0.5, 0.6) is 0 Å². The second-order valence-corrected chi connectivity index (χ2v) is 6.55.